The molecule has 8 heteroatoms. The molecule has 0 saturated heterocycles. The first-order valence-electron chi connectivity index (χ1n) is 10.1. The van der Waals surface area contributed by atoms with Gasteiger partial charge in [-0.1, -0.05) is 24.3 Å². The Bertz CT molecular complexity index is 1090. The summed E-state index contributed by atoms with van der Waals surface area (Å²) >= 11 is 0. The first-order valence-corrected chi connectivity index (χ1v) is 10.1. The number of nitrogens with one attached hydrogen (secondary N) is 2. The van der Waals surface area contributed by atoms with Crippen LogP contribution in [0.2, 0.25) is 0 Å². The second-order valence-electron chi connectivity index (χ2n) is 7.71. The lowest BCUT2D eigenvalue weighted by atomic mass is 10.0. The van der Waals surface area contributed by atoms with E-state index in [0.29, 0.717) is 29.1 Å². The molecule has 1 aromatic carbocycles. The van der Waals surface area contributed by atoms with Crippen LogP contribution in [0.4, 0.5) is 19.0 Å². The molecule has 1 amide bonds. The number of carbonyl (C=O) groups is 1. The molecule has 0 radical (unpaired) electrons. The topological polar surface area (TPSA) is 59.0 Å². The molecule has 0 atom stereocenters. The highest BCUT2D eigenvalue weighted by atomic mass is 19.4. The molecule has 1 aromatic heterocycles. The van der Waals surface area contributed by atoms with Gasteiger partial charge >= 0.3 is 6.18 Å². The van der Waals surface area contributed by atoms with Crippen LogP contribution in [-0.2, 0) is 17.5 Å². The van der Waals surface area contributed by atoms with Crippen LogP contribution in [0.3, 0.4) is 0 Å². The molecule has 162 valence electrons. The van der Waals surface area contributed by atoms with Gasteiger partial charge in [0.05, 0.1) is 17.6 Å². The highest BCUT2D eigenvalue weighted by Crippen LogP contribution is 2.30. The van der Waals surface area contributed by atoms with E-state index in [2.05, 4.69) is 21.7 Å². The summed E-state index contributed by atoms with van der Waals surface area (Å²) in [5.41, 5.74) is 3.54. The number of allylic oxidation sites excluding steroid dienone is 2. The maximum atomic E-state index is 13.0. The molecule has 0 fully saturated rings. The Hall–Kier alpha value is -3.13. The van der Waals surface area contributed by atoms with Gasteiger partial charge in [0, 0.05) is 18.7 Å². The number of rotatable bonds is 4. The lowest BCUT2D eigenvalue weighted by Crippen LogP contribution is -2.24. The van der Waals surface area contributed by atoms with E-state index in [9.17, 15) is 18.0 Å². The van der Waals surface area contributed by atoms with E-state index in [0.717, 1.165) is 31.6 Å². The minimum absolute atomic E-state index is 0.218. The van der Waals surface area contributed by atoms with Crippen LogP contribution < -0.4 is 10.6 Å². The number of alkyl halides is 3. The van der Waals surface area contributed by atoms with Gasteiger partial charge in [-0.15, -0.1) is 0 Å². The minimum Gasteiger partial charge on any atom is -0.328 e. The number of amides is 1. The zero-order chi connectivity index (χ0) is 22.0. The Morgan fingerprint density at radius 2 is 2.13 bits per heavy atom. The number of aromatic nitrogens is 2. The summed E-state index contributed by atoms with van der Waals surface area (Å²) in [5, 5.41) is 6.18. The van der Waals surface area contributed by atoms with Crippen molar-refractivity contribution in [3.05, 3.63) is 82.4 Å². The summed E-state index contributed by atoms with van der Waals surface area (Å²) in [5.74, 6) is 0.190. The second-order valence-corrected chi connectivity index (χ2v) is 7.71. The van der Waals surface area contributed by atoms with Crippen LogP contribution in [0.25, 0.3) is 0 Å². The Balaban J connectivity index is 1.49. The number of hydrogen-bond donors (Lipinski definition) is 2. The minimum atomic E-state index is -4.39. The number of hydrogen-bond acceptors (Lipinski definition) is 3. The molecule has 0 saturated carbocycles. The first kappa shape index (κ1) is 21.1. The molecule has 2 aromatic rings. The molecule has 0 spiro atoms. The molecule has 4 rings (SSSR count). The van der Waals surface area contributed by atoms with Gasteiger partial charge in [0.15, 0.2) is 5.82 Å². The van der Waals surface area contributed by atoms with Gasteiger partial charge in [-0.2, -0.15) is 13.2 Å². The Kier molecular flexibility index (Phi) is 5.82. The molecule has 5 nitrogen and oxygen atoms in total. The lowest BCUT2D eigenvalue weighted by molar-refractivity contribution is -0.137. The highest BCUT2D eigenvalue weighted by molar-refractivity contribution is 6.04. The number of halogens is 3. The largest absolute Gasteiger partial charge is 0.416 e. The summed E-state index contributed by atoms with van der Waals surface area (Å²) < 4.78 is 40.6. The summed E-state index contributed by atoms with van der Waals surface area (Å²) in [7, 11) is 0. The maximum Gasteiger partial charge on any atom is 0.416 e. The SMILES string of the molecule is Cc1c(NC(=O)C2=CC3=C(C=CC2)CNCC3)ncn1Cc1cccc(C(F)(F)F)c1. The number of nitrogens with zero attached hydrogens (tertiary/aromatic N) is 2. The first-order chi connectivity index (χ1) is 14.8. The van der Waals surface area contributed by atoms with Crippen molar-refractivity contribution in [2.75, 3.05) is 18.4 Å². The molecular weight excluding hydrogens is 405 g/mol. The summed E-state index contributed by atoms with van der Waals surface area (Å²) in [6, 6.07) is 5.21. The lowest BCUT2D eigenvalue weighted by Gasteiger charge is -2.16. The van der Waals surface area contributed by atoms with E-state index in [4.69, 9.17) is 0 Å². The zero-order valence-electron chi connectivity index (χ0n) is 17.1. The molecule has 2 heterocycles. The number of carbonyl (C=O) groups excluding carboxylic acids is 1. The monoisotopic (exact) mass is 428 g/mol. The Labute approximate surface area is 178 Å². The summed E-state index contributed by atoms with van der Waals surface area (Å²) in [6.07, 6.45) is 4.56. The van der Waals surface area contributed by atoms with Crippen molar-refractivity contribution < 1.29 is 18.0 Å². The molecule has 0 bridgehead atoms. The van der Waals surface area contributed by atoms with E-state index in [1.165, 1.54) is 23.5 Å². The normalized spacial score (nSPS) is 16.6. The van der Waals surface area contributed by atoms with E-state index >= 15 is 0 Å². The molecule has 1 aliphatic heterocycles. The molecule has 2 aliphatic rings. The standard InChI is InChI=1S/C23H23F3N4O/c1-15-21(28-14-30(15)13-16-4-2-7-20(10-16)23(24,25)26)29-22(31)18-5-3-6-19-12-27-9-8-17(19)11-18/h2-4,6-7,10-11,14,27H,5,8-9,12-13H2,1H3,(H,29,31). The van der Waals surface area contributed by atoms with Crippen molar-refractivity contribution >= 4 is 11.7 Å². The molecule has 1 aliphatic carbocycles. The third-order valence-corrected chi connectivity index (χ3v) is 5.53. The van der Waals surface area contributed by atoms with Crippen LogP contribution in [-0.4, -0.2) is 28.5 Å². The van der Waals surface area contributed by atoms with Crippen molar-refractivity contribution in [2.24, 2.45) is 0 Å². The van der Waals surface area contributed by atoms with Crippen LogP contribution in [0, 0.1) is 6.92 Å². The number of anilines is 1. The quantitative estimate of drug-likeness (QED) is 0.760. The number of benzene rings is 1. The van der Waals surface area contributed by atoms with Crippen LogP contribution in [0.15, 0.2) is 65.5 Å². The van der Waals surface area contributed by atoms with Crippen molar-refractivity contribution in [3.8, 4) is 0 Å². The molecule has 0 unspecified atom stereocenters. The summed E-state index contributed by atoms with van der Waals surface area (Å²) in [4.78, 5) is 17.1. The Morgan fingerprint density at radius 3 is 2.94 bits per heavy atom. The van der Waals surface area contributed by atoms with Crippen LogP contribution in [0.1, 0.15) is 29.7 Å². The second kappa shape index (κ2) is 8.55. The van der Waals surface area contributed by atoms with Crippen LogP contribution >= 0.6 is 0 Å². The third-order valence-electron chi connectivity index (χ3n) is 5.53. The zero-order valence-corrected chi connectivity index (χ0v) is 17.1. The van der Waals surface area contributed by atoms with E-state index < -0.39 is 11.7 Å². The smallest absolute Gasteiger partial charge is 0.328 e. The van der Waals surface area contributed by atoms with Crippen molar-refractivity contribution in [1.29, 1.82) is 0 Å². The van der Waals surface area contributed by atoms with Gasteiger partial charge in [-0.05, 0) is 61.2 Å². The van der Waals surface area contributed by atoms with Crippen molar-refractivity contribution in [2.45, 2.75) is 32.5 Å². The fourth-order valence-corrected chi connectivity index (χ4v) is 3.76. The maximum absolute atomic E-state index is 13.0. The fraction of sp³-hybridized carbons (Fsp3) is 0.304. The third kappa shape index (κ3) is 4.80. The van der Waals surface area contributed by atoms with E-state index in [1.54, 1.807) is 17.6 Å². The van der Waals surface area contributed by atoms with Crippen molar-refractivity contribution in [1.82, 2.24) is 14.9 Å². The van der Waals surface area contributed by atoms with Gasteiger partial charge < -0.3 is 15.2 Å². The molecular formula is C23H23F3N4O. The van der Waals surface area contributed by atoms with E-state index in [-0.39, 0.29) is 12.5 Å². The Morgan fingerprint density at radius 1 is 1.29 bits per heavy atom. The van der Waals surface area contributed by atoms with Gasteiger partial charge in [-0.25, -0.2) is 4.98 Å². The van der Waals surface area contributed by atoms with Gasteiger partial charge in [0.25, 0.3) is 5.91 Å². The average molecular weight is 428 g/mol. The predicted octanol–water partition coefficient (Wildman–Crippen LogP) is 4.37. The van der Waals surface area contributed by atoms with Crippen molar-refractivity contribution in [3.63, 3.8) is 0 Å². The van der Waals surface area contributed by atoms with Crippen LogP contribution in [0.5, 0.6) is 0 Å². The predicted molar refractivity (Wildman–Crippen MR) is 112 cm³/mol. The molecule has 31 heavy (non-hydrogen) atoms. The van der Waals surface area contributed by atoms with Gasteiger partial charge in [0.1, 0.15) is 0 Å². The highest BCUT2D eigenvalue weighted by Gasteiger charge is 2.30. The fourth-order valence-electron chi connectivity index (χ4n) is 3.76. The van der Waals surface area contributed by atoms with Gasteiger partial charge in [0.2, 0.25) is 0 Å². The average Bonchev–Trinajstić information content (AvgIpc) is 2.95. The van der Waals surface area contributed by atoms with Gasteiger partial charge in [-0.3, -0.25) is 4.79 Å². The van der Waals surface area contributed by atoms with E-state index in [1.807, 2.05) is 12.2 Å². The number of imidazole rings is 1. The molecule has 2 N–H and O–H groups in total. The summed E-state index contributed by atoms with van der Waals surface area (Å²) in [6.45, 7) is 3.70.